The van der Waals surface area contributed by atoms with Crippen LogP contribution in [0.25, 0.3) is 55.6 Å². The summed E-state index contributed by atoms with van der Waals surface area (Å²) in [7, 11) is 0. The molecule has 0 N–H and O–H groups in total. The van der Waals surface area contributed by atoms with Gasteiger partial charge < -0.3 is 4.90 Å². The lowest BCUT2D eigenvalue weighted by atomic mass is 9.29. The molecule has 3 heterocycles. The molecule has 3 heteroatoms. The number of hydrogen-bond donors (Lipinski definition) is 0. The summed E-state index contributed by atoms with van der Waals surface area (Å²) in [5.74, 6) is 0. The van der Waals surface area contributed by atoms with Gasteiger partial charge in [0.15, 0.2) is 0 Å². The van der Waals surface area contributed by atoms with Crippen molar-refractivity contribution in [1.29, 1.82) is 0 Å². The Morgan fingerprint density at radius 2 is 0.826 bits per heavy atom. The van der Waals surface area contributed by atoms with Gasteiger partial charge in [-0.3, -0.25) is 0 Å². The van der Waals surface area contributed by atoms with Gasteiger partial charge in [-0.05, 0) is 164 Å². The lowest BCUT2D eigenvalue weighted by Gasteiger charge is -2.51. The van der Waals surface area contributed by atoms with Crippen LogP contribution in [0.15, 0.2) is 252 Å². The van der Waals surface area contributed by atoms with Crippen molar-refractivity contribution in [2.24, 2.45) is 0 Å². The van der Waals surface area contributed by atoms with E-state index in [4.69, 9.17) is 4.11 Å². The van der Waals surface area contributed by atoms with Crippen LogP contribution in [0.1, 0.15) is 134 Å². The molecular weight excluding hydrogens is 1050 g/mol. The molecule has 0 saturated heterocycles. The molecule has 422 valence electrons. The van der Waals surface area contributed by atoms with Gasteiger partial charge >= 0.3 is 0 Å². The summed E-state index contributed by atoms with van der Waals surface area (Å²) in [5.41, 5.74) is 24.1. The molecule has 0 radical (unpaired) electrons. The lowest BCUT2D eigenvalue weighted by Crippen LogP contribution is -2.65. The van der Waals surface area contributed by atoms with E-state index < -0.39 is 18.2 Å². The molecule has 0 amide bonds. The van der Waals surface area contributed by atoms with Gasteiger partial charge in [-0.25, -0.2) is 0 Å². The van der Waals surface area contributed by atoms with Crippen LogP contribution in [0, 0.1) is 0 Å². The summed E-state index contributed by atoms with van der Waals surface area (Å²) in [6.07, 6.45) is 0. The predicted octanol–water partition coefficient (Wildman–Crippen LogP) is 20.7. The summed E-state index contributed by atoms with van der Waals surface area (Å²) in [6.45, 7) is 27.2. The quantitative estimate of drug-likeness (QED) is 0.153. The van der Waals surface area contributed by atoms with E-state index in [0.717, 1.165) is 93.3 Å². The number of anilines is 3. The molecule has 0 bridgehead atoms. The first-order valence-electron chi connectivity index (χ1n) is 33.0. The van der Waals surface area contributed by atoms with E-state index >= 15 is 0 Å². The van der Waals surface area contributed by atoms with E-state index in [1.165, 1.54) is 38.9 Å². The monoisotopic (exact) mass is 1130 g/mol. The zero-order valence-electron chi connectivity index (χ0n) is 56.6. The second kappa shape index (κ2) is 20.4. The first-order valence-corrected chi connectivity index (χ1v) is 31.3. The van der Waals surface area contributed by atoms with E-state index in [1.54, 1.807) is 0 Å². The minimum atomic E-state index is -0.926. The van der Waals surface area contributed by atoms with Crippen molar-refractivity contribution in [3.05, 3.63) is 287 Å². The van der Waals surface area contributed by atoms with Crippen LogP contribution in [0.2, 0.25) is 0 Å². The zero-order chi connectivity index (χ0) is 64.0. The molecule has 1 nitrogen and oxygen atoms in total. The van der Waals surface area contributed by atoms with E-state index in [1.807, 2.05) is 17.8 Å². The predicted molar refractivity (Wildman–Crippen MR) is 370 cm³/mol. The summed E-state index contributed by atoms with van der Waals surface area (Å²) in [4.78, 5) is 4.97. The van der Waals surface area contributed by atoms with Gasteiger partial charge in [-0.15, -0.1) is 0 Å². The third kappa shape index (κ3) is 9.23. The van der Waals surface area contributed by atoms with Crippen molar-refractivity contribution in [1.82, 2.24) is 0 Å². The van der Waals surface area contributed by atoms with Crippen LogP contribution in [-0.4, -0.2) is 6.71 Å². The summed E-state index contributed by atoms with van der Waals surface area (Å²) >= 11 is 1.81. The van der Waals surface area contributed by atoms with Crippen LogP contribution in [-0.2, 0) is 27.1 Å². The van der Waals surface area contributed by atoms with Gasteiger partial charge in [0.2, 0.25) is 6.71 Å². The number of hydrogen-bond acceptors (Lipinski definition) is 2. The van der Waals surface area contributed by atoms with Crippen molar-refractivity contribution >= 4 is 51.9 Å². The molecule has 0 aromatic heterocycles. The normalized spacial score (nSPS) is 14.9. The highest BCUT2D eigenvalue weighted by Crippen LogP contribution is 2.59. The van der Waals surface area contributed by atoms with Crippen LogP contribution >= 0.6 is 11.8 Å². The first kappa shape index (κ1) is 49.9. The summed E-state index contributed by atoms with van der Waals surface area (Å²) in [6, 6.07) is 78.1. The SMILES string of the molecule is [2H]c1c([2H])c([2H])c(-c2ccc3c(c2)B2c4ccc(-c5cc(C(C)(C)C)cc(C(C)(C)C)c5)cc4N(c4c(-c5ccccc5)cc(C(C)(C)C)cc4-c4ccccc4)c4cc(-c5cccc(C(C)(C)C)c5)cc(c42)C32c3ccccc3Sc3ccccc32)c([2H])c1[2H]. The second-order valence-corrected chi connectivity index (χ2v) is 29.3. The minimum Gasteiger partial charge on any atom is -0.310 e. The molecule has 11 aromatic rings. The average Bonchev–Trinajstić information content (AvgIpc) is 0.667. The van der Waals surface area contributed by atoms with Crippen molar-refractivity contribution in [2.75, 3.05) is 4.90 Å². The summed E-state index contributed by atoms with van der Waals surface area (Å²) < 4.78 is 45.8. The number of benzene rings is 11. The third-order valence-corrected chi connectivity index (χ3v) is 19.6. The number of fused-ring (bicyclic) bond motifs is 10. The fourth-order valence-corrected chi connectivity index (χ4v) is 15.0. The lowest BCUT2D eigenvalue weighted by molar-refractivity contribution is 0.569. The van der Waals surface area contributed by atoms with Crippen molar-refractivity contribution in [3.63, 3.8) is 0 Å². The molecule has 86 heavy (non-hydrogen) atoms. The van der Waals surface area contributed by atoms with Gasteiger partial charge in [0, 0.05) is 32.3 Å². The standard InChI is InChI=1S/C83H76BNS/c1-79(2,3)61-34-26-33-56(43-61)60-46-70-77-74(49-60)85(78-65(54-29-18-14-19-30-54)51-64(82(10,11)12)52-66(78)55-31-20-15-21-32-55)73-48-58(59-44-62(80(4,5)6)50-63(45-59)81(7,8)9)40-42-71(73)84(77)72-47-57(53-27-16-13-17-28-53)39-41-67(72)83(70)68-35-22-24-37-75(68)86-76-38-25-23-36-69(76)83/h13-52H,1-12H3/i13D,16D,17D,27D,28D. The Bertz CT molecular complexity index is 4620. The maximum Gasteiger partial charge on any atom is 0.247 e. The minimum absolute atomic E-state index is 0.134. The first-order chi connectivity index (χ1) is 43.2. The fourth-order valence-electron chi connectivity index (χ4n) is 13.8. The van der Waals surface area contributed by atoms with Gasteiger partial charge in [0.05, 0.1) is 18.0 Å². The molecule has 3 aliphatic rings. The van der Waals surface area contributed by atoms with Gasteiger partial charge in [-0.1, -0.05) is 300 Å². The molecular formula is C83H76BNS. The Hall–Kier alpha value is -8.37. The Morgan fingerprint density at radius 3 is 1.41 bits per heavy atom. The molecule has 1 spiro atoms. The fraction of sp³-hybridized carbons (Fsp3) is 0.205. The zero-order valence-corrected chi connectivity index (χ0v) is 52.5. The second-order valence-electron chi connectivity index (χ2n) is 28.2. The van der Waals surface area contributed by atoms with Crippen LogP contribution in [0.3, 0.4) is 0 Å². The number of rotatable bonds is 6. The van der Waals surface area contributed by atoms with E-state index in [0.29, 0.717) is 5.56 Å². The van der Waals surface area contributed by atoms with Crippen molar-refractivity contribution in [3.8, 4) is 55.6 Å². The Kier molecular flexibility index (Phi) is 11.8. The van der Waals surface area contributed by atoms with E-state index in [2.05, 4.69) is 294 Å². The van der Waals surface area contributed by atoms with Crippen LogP contribution < -0.4 is 21.3 Å². The Balaban J connectivity index is 1.23. The highest BCUT2D eigenvalue weighted by Gasteiger charge is 2.54. The van der Waals surface area contributed by atoms with Crippen molar-refractivity contribution in [2.45, 2.75) is 120 Å². The Labute approximate surface area is 523 Å². The third-order valence-electron chi connectivity index (χ3n) is 18.5. The molecule has 0 saturated carbocycles. The smallest absolute Gasteiger partial charge is 0.247 e. The molecule has 14 rings (SSSR count). The highest BCUT2D eigenvalue weighted by atomic mass is 32.2. The largest absolute Gasteiger partial charge is 0.310 e. The van der Waals surface area contributed by atoms with Crippen molar-refractivity contribution < 1.29 is 6.85 Å². The maximum atomic E-state index is 9.52. The molecule has 0 unspecified atom stereocenters. The molecule has 0 atom stereocenters. The maximum absolute atomic E-state index is 9.52. The van der Waals surface area contributed by atoms with Crippen LogP contribution in [0.5, 0.6) is 0 Å². The molecule has 0 fully saturated rings. The molecule has 11 aromatic carbocycles. The van der Waals surface area contributed by atoms with Gasteiger partial charge in [-0.2, -0.15) is 0 Å². The molecule has 0 aliphatic carbocycles. The topological polar surface area (TPSA) is 3.24 Å². The van der Waals surface area contributed by atoms with E-state index in [-0.39, 0.29) is 51.4 Å². The van der Waals surface area contributed by atoms with Gasteiger partial charge in [0.25, 0.3) is 0 Å². The average molecular weight is 1140 g/mol. The Morgan fingerprint density at radius 1 is 0.349 bits per heavy atom. The van der Waals surface area contributed by atoms with E-state index in [9.17, 15) is 2.74 Å². The summed E-state index contributed by atoms with van der Waals surface area (Å²) in [5, 5.41) is 0. The molecule has 3 aliphatic heterocycles. The highest BCUT2D eigenvalue weighted by molar-refractivity contribution is 7.99. The van der Waals surface area contributed by atoms with Crippen LogP contribution in [0.4, 0.5) is 17.1 Å². The van der Waals surface area contributed by atoms with Gasteiger partial charge in [0.1, 0.15) is 0 Å². The number of nitrogens with zero attached hydrogens (tertiary/aromatic N) is 1.